The van der Waals surface area contributed by atoms with E-state index in [0.717, 1.165) is 10.8 Å². The summed E-state index contributed by atoms with van der Waals surface area (Å²) in [5.74, 6) is -2.27. The second-order valence-electron chi connectivity index (χ2n) is 4.63. The minimum absolute atomic E-state index is 0.447. The van der Waals surface area contributed by atoms with Crippen LogP contribution in [0.1, 0.15) is 0 Å². The number of aromatic hydroxyl groups is 1. The molecule has 1 N–H and O–H groups in total. The lowest BCUT2D eigenvalue weighted by molar-refractivity contribution is -0.404. The molecular formula is C10H7N7O11. The van der Waals surface area contributed by atoms with E-state index in [9.17, 15) is 50.6 Å². The maximum absolute atomic E-state index is 10.4. The van der Waals surface area contributed by atoms with Gasteiger partial charge in [-0.05, 0) is 14.8 Å². The molecule has 0 bridgehead atoms. The molecule has 18 nitrogen and oxygen atoms in total. The first kappa shape index (κ1) is 21.3. The van der Waals surface area contributed by atoms with E-state index in [0.29, 0.717) is 12.1 Å². The summed E-state index contributed by atoms with van der Waals surface area (Å²) in [6, 6.07) is 0.894. The summed E-state index contributed by atoms with van der Waals surface area (Å²) >= 11 is 0. The Balaban J connectivity index is 0.000000292. The summed E-state index contributed by atoms with van der Waals surface area (Å²) in [6.07, 6.45) is 0.984. The Hall–Kier alpha value is -4.77. The number of hydrogen-bond acceptors (Lipinski definition) is 12. The number of nitro groups is 5. The summed E-state index contributed by atoms with van der Waals surface area (Å²) in [7, 11) is 1.32. The number of imidazole rings is 1. The molecular weight excluding hydrogens is 394 g/mol. The topological polar surface area (TPSA) is 254 Å². The van der Waals surface area contributed by atoms with E-state index in [1.807, 2.05) is 0 Å². The molecule has 1 aromatic heterocycles. The normalized spacial score (nSPS) is 9.75. The number of aryl methyl sites for hydroxylation is 1. The molecule has 0 radical (unpaired) electrons. The van der Waals surface area contributed by atoms with Crippen molar-refractivity contribution in [2.24, 2.45) is 7.05 Å². The molecule has 0 aliphatic carbocycles. The highest BCUT2D eigenvalue weighted by Gasteiger charge is 2.30. The van der Waals surface area contributed by atoms with Gasteiger partial charge in [-0.2, -0.15) is 0 Å². The SMILES string of the molecule is Cn1cc([N+](=O)[O-])nc1[N+](=O)[O-].O=[N+]([O-])c1cc([N+](=O)[O-])c(O)c([N+](=O)[O-])c1. The van der Waals surface area contributed by atoms with Crippen molar-refractivity contribution >= 4 is 28.8 Å². The molecule has 2 rings (SSSR count). The first-order valence-corrected chi connectivity index (χ1v) is 6.49. The van der Waals surface area contributed by atoms with E-state index in [-0.39, 0.29) is 0 Å². The number of rotatable bonds is 5. The summed E-state index contributed by atoms with van der Waals surface area (Å²) in [5, 5.41) is 60.5. The number of nitrogens with zero attached hydrogens (tertiary/aromatic N) is 7. The molecule has 0 spiro atoms. The molecule has 0 atom stereocenters. The molecule has 0 fully saturated rings. The highest BCUT2D eigenvalue weighted by molar-refractivity contribution is 5.64. The van der Waals surface area contributed by atoms with Gasteiger partial charge >= 0.3 is 23.1 Å². The van der Waals surface area contributed by atoms with Crippen molar-refractivity contribution in [1.82, 2.24) is 9.55 Å². The van der Waals surface area contributed by atoms with E-state index in [1.165, 1.54) is 7.05 Å². The van der Waals surface area contributed by atoms with Crippen molar-refractivity contribution in [2.75, 3.05) is 0 Å². The maximum atomic E-state index is 10.4. The molecule has 1 heterocycles. The van der Waals surface area contributed by atoms with Gasteiger partial charge < -0.3 is 25.3 Å². The average Bonchev–Trinajstić information content (AvgIpc) is 2.97. The zero-order valence-corrected chi connectivity index (χ0v) is 13.4. The van der Waals surface area contributed by atoms with Crippen LogP contribution in [0.3, 0.4) is 0 Å². The van der Waals surface area contributed by atoms with Crippen molar-refractivity contribution in [3.63, 3.8) is 0 Å². The summed E-state index contributed by atoms with van der Waals surface area (Å²) in [5.41, 5.74) is -3.00. The highest BCUT2D eigenvalue weighted by Crippen LogP contribution is 2.38. The van der Waals surface area contributed by atoms with E-state index in [2.05, 4.69) is 4.98 Å². The zero-order valence-electron chi connectivity index (χ0n) is 13.4. The van der Waals surface area contributed by atoms with Crippen LogP contribution in [-0.4, -0.2) is 39.3 Å². The monoisotopic (exact) mass is 401 g/mol. The molecule has 0 saturated carbocycles. The summed E-state index contributed by atoms with van der Waals surface area (Å²) in [4.78, 5) is 49.6. The smallest absolute Gasteiger partial charge is 0.438 e. The van der Waals surface area contributed by atoms with Gasteiger partial charge in [-0.1, -0.05) is 0 Å². The van der Waals surface area contributed by atoms with Gasteiger partial charge in [-0.25, -0.2) is 4.57 Å². The van der Waals surface area contributed by atoms with E-state index in [4.69, 9.17) is 5.11 Å². The van der Waals surface area contributed by atoms with Crippen LogP contribution >= 0.6 is 0 Å². The summed E-state index contributed by atoms with van der Waals surface area (Å²) < 4.78 is 0.984. The predicted molar refractivity (Wildman–Crippen MR) is 84.6 cm³/mol. The van der Waals surface area contributed by atoms with E-state index < -0.39 is 59.2 Å². The van der Waals surface area contributed by atoms with Crippen LogP contribution in [0.4, 0.5) is 28.8 Å². The van der Waals surface area contributed by atoms with Gasteiger partial charge in [0.05, 0.1) is 34.0 Å². The standard InChI is InChI=1S/C6H3N3O7.C4H4N4O4/c10-6-4(8(13)14)1-3(7(11)12)2-5(6)9(15)16;1-6-2-3(7(9)10)5-4(6)8(11)12/h1-2,10H;2H,1H3. The number of hydrogen-bond donors (Lipinski definition) is 1. The Morgan fingerprint density at radius 2 is 1.29 bits per heavy atom. The van der Waals surface area contributed by atoms with Crippen molar-refractivity contribution in [1.29, 1.82) is 0 Å². The van der Waals surface area contributed by atoms with Gasteiger partial charge in [-0.3, -0.25) is 30.3 Å². The Morgan fingerprint density at radius 3 is 1.54 bits per heavy atom. The second-order valence-corrected chi connectivity index (χ2v) is 4.63. The molecule has 148 valence electrons. The predicted octanol–water partition coefficient (Wildman–Crippen LogP) is 1.35. The zero-order chi connectivity index (χ0) is 21.8. The number of nitro benzene ring substituents is 3. The highest BCUT2D eigenvalue weighted by atomic mass is 16.6. The first-order valence-electron chi connectivity index (χ1n) is 6.49. The van der Waals surface area contributed by atoms with Gasteiger partial charge in [-0.15, -0.1) is 0 Å². The van der Waals surface area contributed by atoms with Crippen LogP contribution in [0.15, 0.2) is 18.3 Å². The molecule has 0 saturated heterocycles. The maximum Gasteiger partial charge on any atom is 0.438 e. The van der Waals surface area contributed by atoms with Crippen molar-refractivity contribution in [3.05, 3.63) is 68.9 Å². The fourth-order valence-electron chi connectivity index (χ4n) is 1.67. The molecule has 0 aliphatic heterocycles. The Kier molecular flexibility index (Phi) is 6.13. The molecule has 0 aliphatic rings. The number of aromatic nitrogens is 2. The van der Waals surface area contributed by atoms with Crippen molar-refractivity contribution in [3.8, 4) is 5.75 Å². The summed E-state index contributed by atoms with van der Waals surface area (Å²) in [6.45, 7) is 0. The van der Waals surface area contributed by atoms with E-state index >= 15 is 0 Å². The van der Waals surface area contributed by atoms with Crippen molar-refractivity contribution < 1.29 is 29.7 Å². The van der Waals surface area contributed by atoms with Gasteiger partial charge in [0.15, 0.2) is 6.20 Å². The van der Waals surface area contributed by atoms with E-state index in [1.54, 1.807) is 0 Å². The van der Waals surface area contributed by atoms with Crippen LogP contribution in [0.25, 0.3) is 0 Å². The van der Waals surface area contributed by atoms with Crippen LogP contribution in [-0.2, 0) is 7.05 Å². The third kappa shape index (κ3) is 4.65. The van der Waals surface area contributed by atoms with Crippen LogP contribution in [0.5, 0.6) is 5.75 Å². The lowest BCUT2D eigenvalue weighted by atomic mass is 10.2. The van der Waals surface area contributed by atoms with Gasteiger partial charge in [0.2, 0.25) is 0 Å². The number of phenolic OH excluding ortho intramolecular Hbond substituents is 1. The number of benzene rings is 1. The number of phenols is 1. The van der Waals surface area contributed by atoms with Crippen LogP contribution in [0.2, 0.25) is 0 Å². The molecule has 0 amide bonds. The lowest BCUT2D eigenvalue weighted by Gasteiger charge is -1.97. The molecule has 2 aromatic rings. The first-order chi connectivity index (χ1) is 12.9. The quantitative estimate of drug-likeness (QED) is 0.550. The lowest BCUT2D eigenvalue weighted by Crippen LogP contribution is -1.97. The van der Waals surface area contributed by atoms with Crippen LogP contribution in [0, 0.1) is 50.6 Å². The minimum Gasteiger partial charge on any atom is -0.497 e. The van der Waals surface area contributed by atoms with Gasteiger partial charge in [0, 0.05) is 0 Å². The van der Waals surface area contributed by atoms with Crippen LogP contribution < -0.4 is 0 Å². The Morgan fingerprint density at radius 1 is 0.821 bits per heavy atom. The molecule has 28 heavy (non-hydrogen) atoms. The molecule has 1 aromatic carbocycles. The Bertz CT molecular complexity index is 963. The molecule has 0 unspecified atom stereocenters. The molecule has 18 heteroatoms. The third-order valence-corrected chi connectivity index (χ3v) is 2.85. The van der Waals surface area contributed by atoms with Crippen molar-refractivity contribution in [2.45, 2.75) is 0 Å². The Labute approximate surface area is 151 Å². The third-order valence-electron chi connectivity index (χ3n) is 2.85. The minimum atomic E-state index is -1.21. The average molecular weight is 401 g/mol. The second kappa shape index (κ2) is 8.07. The largest absolute Gasteiger partial charge is 0.497 e. The number of non-ortho nitro benzene ring substituents is 1. The van der Waals surface area contributed by atoms with Gasteiger partial charge in [0.25, 0.3) is 11.4 Å². The van der Waals surface area contributed by atoms with Gasteiger partial charge in [0.1, 0.15) is 0 Å². The fourth-order valence-corrected chi connectivity index (χ4v) is 1.67. The fraction of sp³-hybridized carbons (Fsp3) is 0.100.